The van der Waals surface area contributed by atoms with E-state index in [0.717, 1.165) is 96.0 Å². The van der Waals surface area contributed by atoms with Gasteiger partial charge in [0.2, 0.25) is 0 Å². The molecule has 0 spiro atoms. The zero-order valence-corrected chi connectivity index (χ0v) is 29.6. The van der Waals surface area contributed by atoms with E-state index in [-0.39, 0.29) is 12.0 Å². The molecule has 0 saturated carbocycles. The highest BCUT2D eigenvalue weighted by Crippen LogP contribution is 2.33. The van der Waals surface area contributed by atoms with Crippen LogP contribution in [-0.2, 0) is 13.1 Å². The summed E-state index contributed by atoms with van der Waals surface area (Å²) >= 11 is 18.6. The molecule has 0 aliphatic carbocycles. The smallest absolute Gasteiger partial charge is 0.253 e. The lowest BCUT2D eigenvalue weighted by Crippen LogP contribution is -2.47. The first kappa shape index (κ1) is 34.4. The molecule has 1 saturated heterocycles. The fourth-order valence-electron chi connectivity index (χ4n) is 6.31. The van der Waals surface area contributed by atoms with Crippen molar-refractivity contribution in [1.82, 2.24) is 19.7 Å². The van der Waals surface area contributed by atoms with Crippen LogP contribution in [0.5, 0.6) is 11.5 Å². The quantitative estimate of drug-likeness (QED) is 0.133. The number of aryl methyl sites for hydroxylation is 1. The third kappa shape index (κ3) is 8.21. The molecule has 6 rings (SSSR count). The van der Waals surface area contributed by atoms with Gasteiger partial charge in [-0.2, -0.15) is 0 Å². The second kappa shape index (κ2) is 15.8. The maximum atomic E-state index is 13.5. The summed E-state index contributed by atoms with van der Waals surface area (Å²) < 4.78 is 14.6. The molecule has 0 bridgehead atoms. The molecule has 2 heterocycles. The number of hydrogen-bond donors (Lipinski definition) is 1. The SMILES string of the molecule is CC(C)Oc1cccc2c(C(=O)NCc3ccc(Cl)c(Cl)c3)cn(CCCN3CCN(CCOc4ccc(Cl)c5ccccc45)CC3)c12. The van der Waals surface area contributed by atoms with Crippen molar-refractivity contribution in [2.75, 3.05) is 45.9 Å². The van der Waals surface area contributed by atoms with Crippen molar-refractivity contribution in [3.8, 4) is 11.5 Å². The summed E-state index contributed by atoms with van der Waals surface area (Å²) in [5.41, 5.74) is 2.46. The highest BCUT2D eigenvalue weighted by molar-refractivity contribution is 6.42. The minimum absolute atomic E-state index is 0.0121. The number of nitrogens with zero attached hydrogens (tertiary/aromatic N) is 3. The number of nitrogens with one attached hydrogen (secondary N) is 1. The number of aromatic nitrogens is 1. The molecule has 10 heteroatoms. The second-order valence-corrected chi connectivity index (χ2v) is 13.7. The standard InChI is InChI=1S/C38H41Cl3N4O3/c1-26(2)48-36-10-5-9-30-31(38(46)42-24-27-11-12-33(40)34(41)23-27)25-45(37(30)36)16-6-15-43-17-19-44(20-18-43)21-22-47-35-14-13-32(39)28-7-3-4-8-29(28)35/h3-5,7-14,23,25-26H,6,15-22,24H2,1-2H3,(H,42,46). The predicted octanol–water partition coefficient (Wildman–Crippen LogP) is 8.56. The molecule has 1 N–H and O–H groups in total. The molecule has 252 valence electrons. The summed E-state index contributed by atoms with van der Waals surface area (Å²) in [6.07, 6.45) is 2.93. The van der Waals surface area contributed by atoms with Gasteiger partial charge in [-0.15, -0.1) is 0 Å². The Morgan fingerprint density at radius 3 is 2.23 bits per heavy atom. The number of hydrogen-bond acceptors (Lipinski definition) is 5. The molecule has 1 aliphatic heterocycles. The van der Waals surface area contributed by atoms with Crippen LogP contribution >= 0.6 is 34.8 Å². The van der Waals surface area contributed by atoms with Crippen LogP contribution in [0.2, 0.25) is 15.1 Å². The minimum atomic E-state index is -0.143. The summed E-state index contributed by atoms with van der Waals surface area (Å²) in [5.74, 6) is 1.52. The number of carbonyl (C=O) groups is 1. The van der Waals surface area contributed by atoms with E-state index in [1.165, 1.54) is 0 Å². The van der Waals surface area contributed by atoms with Gasteiger partial charge in [-0.3, -0.25) is 9.69 Å². The van der Waals surface area contributed by atoms with Crippen molar-refractivity contribution in [3.05, 3.63) is 105 Å². The number of benzene rings is 4. The predicted molar refractivity (Wildman–Crippen MR) is 197 cm³/mol. The summed E-state index contributed by atoms with van der Waals surface area (Å²) in [6.45, 7) is 11.7. The van der Waals surface area contributed by atoms with E-state index in [1.807, 2.05) is 74.6 Å². The number of ether oxygens (including phenoxy) is 2. The summed E-state index contributed by atoms with van der Waals surface area (Å²) in [5, 5.41) is 7.69. The fourth-order valence-corrected chi connectivity index (χ4v) is 6.85. The molecule has 1 aliphatic rings. The van der Waals surface area contributed by atoms with Crippen LogP contribution in [-0.4, -0.2) is 72.3 Å². The van der Waals surface area contributed by atoms with E-state index < -0.39 is 0 Å². The van der Waals surface area contributed by atoms with E-state index >= 15 is 0 Å². The molecule has 1 fully saturated rings. The van der Waals surface area contributed by atoms with Gasteiger partial charge >= 0.3 is 0 Å². The van der Waals surface area contributed by atoms with E-state index in [0.29, 0.717) is 28.8 Å². The molecule has 5 aromatic rings. The first-order valence-electron chi connectivity index (χ1n) is 16.5. The summed E-state index contributed by atoms with van der Waals surface area (Å²) in [7, 11) is 0. The Balaban J connectivity index is 1.03. The van der Waals surface area contributed by atoms with Gasteiger partial charge in [-0.25, -0.2) is 0 Å². The van der Waals surface area contributed by atoms with E-state index in [1.54, 1.807) is 12.1 Å². The van der Waals surface area contributed by atoms with Gasteiger partial charge in [-0.1, -0.05) is 77.3 Å². The largest absolute Gasteiger partial charge is 0.492 e. The van der Waals surface area contributed by atoms with Crippen LogP contribution < -0.4 is 14.8 Å². The van der Waals surface area contributed by atoms with Crippen LogP contribution in [0.15, 0.2) is 79.0 Å². The van der Waals surface area contributed by atoms with E-state index in [4.69, 9.17) is 44.3 Å². The fraction of sp³-hybridized carbons (Fsp3) is 0.342. The Kier molecular flexibility index (Phi) is 11.3. The Morgan fingerprint density at radius 1 is 0.771 bits per heavy atom. The zero-order valence-electron chi connectivity index (χ0n) is 27.4. The van der Waals surface area contributed by atoms with Crippen LogP contribution in [0.1, 0.15) is 36.2 Å². The van der Waals surface area contributed by atoms with Gasteiger partial charge in [0, 0.05) is 73.2 Å². The first-order chi connectivity index (χ1) is 23.3. The van der Waals surface area contributed by atoms with Crippen molar-refractivity contribution in [2.45, 2.75) is 39.5 Å². The number of para-hydroxylation sites is 1. The van der Waals surface area contributed by atoms with Crippen molar-refractivity contribution < 1.29 is 14.3 Å². The Morgan fingerprint density at radius 2 is 1.48 bits per heavy atom. The molecule has 4 aromatic carbocycles. The summed E-state index contributed by atoms with van der Waals surface area (Å²) in [6, 6.07) is 23.3. The first-order valence-corrected chi connectivity index (χ1v) is 17.7. The Labute approximate surface area is 297 Å². The number of halogens is 3. The normalized spacial score (nSPS) is 14.2. The van der Waals surface area contributed by atoms with Crippen LogP contribution in [0.25, 0.3) is 21.7 Å². The van der Waals surface area contributed by atoms with Crippen LogP contribution in [0.4, 0.5) is 0 Å². The second-order valence-electron chi connectivity index (χ2n) is 12.5. The molecule has 7 nitrogen and oxygen atoms in total. The van der Waals surface area contributed by atoms with Crippen molar-refractivity contribution in [2.24, 2.45) is 0 Å². The number of rotatable bonds is 13. The molecule has 1 aromatic heterocycles. The van der Waals surface area contributed by atoms with Gasteiger partial charge in [0.1, 0.15) is 18.1 Å². The Hall–Kier alpha value is -3.46. The highest BCUT2D eigenvalue weighted by atomic mass is 35.5. The monoisotopic (exact) mass is 706 g/mol. The van der Waals surface area contributed by atoms with Crippen LogP contribution in [0, 0.1) is 0 Å². The average molecular weight is 708 g/mol. The van der Waals surface area contributed by atoms with Gasteiger partial charge in [0.05, 0.1) is 27.2 Å². The maximum absolute atomic E-state index is 13.5. The van der Waals surface area contributed by atoms with Gasteiger partial charge in [0.25, 0.3) is 5.91 Å². The molecule has 0 unspecified atom stereocenters. The molecule has 0 atom stereocenters. The summed E-state index contributed by atoms with van der Waals surface area (Å²) in [4.78, 5) is 18.4. The van der Waals surface area contributed by atoms with Gasteiger partial charge in [0.15, 0.2) is 0 Å². The number of fused-ring (bicyclic) bond motifs is 2. The van der Waals surface area contributed by atoms with Gasteiger partial charge < -0.3 is 24.3 Å². The number of carbonyl (C=O) groups excluding carboxylic acids is 1. The van der Waals surface area contributed by atoms with Crippen molar-refractivity contribution >= 4 is 62.4 Å². The van der Waals surface area contributed by atoms with Crippen LogP contribution in [0.3, 0.4) is 0 Å². The number of piperazine rings is 1. The third-order valence-corrected chi connectivity index (χ3v) is 9.81. The minimum Gasteiger partial charge on any atom is -0.492 e. The molecular weight excluding hydrogens is 667 g/mol. The van der Waals surface area contributed by atoms with Crippen molar-refractivity contribution in [1.29, 1.82) is 0 Å². The lowest BCUT2D eigenvalue weighted by molar-refractivity contribution is 0.0952. The molecule has 1 amide bonds. The third-order valence-electron chi connectivity index (χ3n) is 8.74. The highest BCUT2D eigenvalue weighted by Gasteiger charge is 2.20. The Bertz CT molecular complexity index is 1880. The van der Waals surface area contributed by atoms with Gasteiger partial charge in [-0.05, 0) is 62.7 Å². The number of amides is 1. The average Bonchev–Trinajstić information content (AvgIpc) is 3.46. The molecular formula is C38H41Cl3N4O3. The van der Waals surface area contributed by atoms with E-state index in [2.05, 4.69) is 25.8 Å². The maximum Gasteiger partial charge on any atom is 0.253 e. The lowest BCUT2D eigenvalue weighted by Gasteiger charge is -2.34. The zero-order chi connectivity index (χ0) is 33.6. The molecule has 48 heavy (non-hydrogen) atoms. The van der Waals surface area contributed by atoms with Crippen molar-refractivity contribution in [3.63, 3.8) is 0 Å². The lowest BCUT2D eigenvalue weighted by atomic mass is 10.1. The molecule has 0 radical (unpaired) electrons. The topological polar surface area (TPSA) is 59.0 Å². The van der Waals surface area contributed by atoms with E-state index in [9.17, 15) is 4.79 Å².